The number of amides is 1. The number of carbonyl (C=O) groups excluding carboxylic acids is 2. The van der Waals surface area contributed by atoms with Crippen molar-refractivity contribution in [3.8, 4) is 6.07 Å². The Morgan fingerprint density at radius 2 is 1.90 bits per heavy atom. The lowest BCUT2D eigenvalue weighted by molar-refractivity contribution is -0.123. The van der Waals surface area contributed by atoms with E-state index < -0.39 is 0 Å². The average Bonchev–Trinajstić information content (AvgIpc) is 3.22. The molecule has 31 heavy (non-hydrogen) atoms. The average molecular weight is 415 g/mol. The van der Waals surface area contributed by atoms with Crippen molar-refractivity contribution < 1.29 is 9.59 Å². The molecule has 1 saturated heterocycles. The molecule has 158 valence electrons. The van der Waals surface area contributed by atoms with Crippen molar-refractivity contribution in [2.24, 2.45) is 5.92 Å². The molecule has 0 bridgehead atoms. The molecule has 1 amide bonds. The molecule has 3 aromatic rings. The van der Waals surface area contributed by atoms with Gasteiger partial charge in [-0.1, -0.05) is 18.2 Å². The summed E-state index contributed by atoms with van der Waals surface area (Å²) >= 11 is 0. The van der Waals surface area contributed by atoms with Crippen LogP contribution in [0.2, 0.25) is 0 Å². The summed E-state index contributed by atoms with van der Waals surface area (Å²) in [4.78, 5) is 27.5. The topological polar surface area (TPSA) is 79.0 Å². The lowest BCUT2D eigenvalue weighted by Crippen LogP contribution is -2.40. The molecule has 0 spiro atoms. The summed E-state index contributed by atoms with van der Waals surface area (Å²) in [5, 5.41) is 14.7. The van der Waals surface area contributed by atoms with Crippen LogP contribution in [0.5, 0.6) is 0 Å². The molecular weight excluding hydrogens is 388 g/mol. The first kappa shape index (κ1) is 20.8. The molecule has 6 heteroatoms. The Morgan fingerprint density at radius 1 is 1.16 bits per heavy atom. The van der Waals surface area contributed by atoms with Crippen LogP contribution in [0.15, 0.2) is 48.7 Å². The van der Waals surface area contributed by atoms with Gasteiger partial charge in [-0.25, -0.2) is 0 Å². The Kier molecular flexibility index (Phi) is 5.85. The third kappa shape index (κ3) is 4.22. The largest absolute Gasteiger partial charge is 0.339 e. The number of carbonyl (C=O) groups is 2. The fourth-order valence-corrected chi connectivity index (χ4v) is 4.31. The number of nitriles is 1. The second kappa shape index (κ2) is 8.73. The number of hydrogen-bond acceptors (Lipinski definition) is 4. The molecule has 1 aliphatic heterocycles. The predicted octanol–water partition coefficient (Wildman–Crippen LogP) is 4.15. The number of Topliss-reactive ketones (excluding diaryl/α,β-unsaturated/α-hetero) is 1. The molecule has 0 atom stereocenters. The van der Waals surface area contributed by atoms with Crippen molar-refractivity contribution in [1.29, 1.82) is 5.26 Å². The zero-order valence-electron chi connectivity index (χ0n) is 17.9. The van der Waals surface area contributed by atoms with Crippen LogP contribution in [0.3, 0.4) is 0 Å². The summed E-state index contributed by atoms with van der Waals surface area (Å²) < 4.78 is 1.98. The lowest BCUT2D eigenvalue weighted by Gasteiger charge is -2.31. The number of likely N-dealkylation sites (tertiary alicyclic amines) is 1. The number of aromatic nitrogens is 2. The van der Waals surface area contributed by atoms with Crippen LogP contribution < -0.4 is 0 Å². The van der Waals surface area contributed by atoms with Crippen molar-refractivity contribution in [3.63, 3.8) is 0 Å². The van der Waals surface area contributed by atoms with Crippen molar-refractivity contribution >= 4 is 22.6 Å². The Morgan fingerprint density at radius 3 is 2.61 bits per heavy atom. The zero-order chi connectivity index (χ0) is 22.0. The lowest BCUT2D eigenvalue weighted by atomic mass is 9.89. The van der Waals surface area contributed by atoms with Crippen LogP contribution in [0.25, 0.3) is 10.9 Å². The summed E-state index contributed by atoms with van der Waals surface area (Å²) in [6.07, 6.45) is 3.57. The quantitative estimate of drug-likeness (QED) is 0.628. The van der Waals surface area contributed by atoms with E-state index in [0.29, 0.717) is 43.5 Å². The molecule has 0 radical (unpaired) electrons. The first-order chi connectivity index (χ1) is 15.0. The van der Waals surface area contributed by atoms with Gasteiger partial charge in [-0.15, -0.1) is 0 Å². The van der Waals surface area contributed by atoms with Crippen LogP contribution in [0, 0.1) is 17.2 Å². The van der Waals surface area contributed by atoms with Crippen molar-refractivity contribution in [1.82, 2.24) is 14.7 Å². The van der Waals surface area contributed by atoms with E-state index in [1.54, 1.807) is 29.2 Å². The number of piperidine rings is 1. The molecule has 0 saturated carbocycles. The number of ketones is 1. The summed E-state index contributed by atoms with van der Waals surface area (Å²) in [6, 6.07) is 15.4. The van der Waals surface area contributed by atoms with E-state index in [4.69, 9.17) is 0 Å². The Bertz CT molecular complexity index is 1160. The van der Waals surface area contributed by atoms with Gasteiger partial charge in [-0.2, -0.15) is 10.4 Å². The minimum atomic E-state index is -0.129. The molecule has 0 N–H and O–H groups in total. The van der Waals surface area contributed by atoms with Gasteiger partial charge in [-0.05, 0) is 56.5 Å². The molecule has 6 nitrogen and oxygen atoms in total. The molecule has 0 aliphatic carbocycles. The molecule has 1 fully saturated rings. The molecule has 4 rings (SSSR count). The summed E-state index contributed by atoms with van der Waals surface area (Å²) in [7, 11) is 0. The van der Waals surface area contributed by atoms with E-state index in [2.05, 4.69) is 31.1 Å². The highest BCUT2D eigenvalue weighted by Crippen LogP contribution is 2.24. The highest BCUT2D eigenvalue weighted by atomic mass is 16.2. The van der Waals surface area contributed by atoms with E-state index in [1.165, 1.54) is 0 Å². The molecular formula is C25H26N4O2. The van der Waals surface area contributed by atoms with E-state index in [9.17, 15) is 14.9 Å². The first-order valence-electron chi connectivity index (χ1n) is 10.7. The number of hydrogen-bond donors (Lipinski definition) is 0. The van der Waals surface area contributed by atoms with Crippen LogP contribution in [0.1, 0.15) is 54.2 Å². The van der Waals surface area contributed by atoms with E-state index in [-0.39, 0.29) is 23.7 Å². The molecule has 1 aliphatic rings. The maximum Gasteiger partial charge on any atom is 0.255 e. The SMILES string of the molecule is CC(C)n1ncc2cc(CC(=O)C3CCN(C(=O)c4ccccc4C#N)CC3)ccc21. The summed E-state index contributed by atoms with van der Waals surface area (Å²) in [5.74, 6) is 0.0557. The minimum Gasteiger partial charge on any atom is -0.339 e. The number of fused-ring (bicyclic) bond motifs is 1. The van der Waals surface area contributed by atoms with Crippen molar-refractivity contribution in [3.05, 3.63) is 65.4 Å². The van der Waals surface area contributed by atoms with Crippen molar-refractivity contribution in [2.75, 3.05) is 13.1 Å². The van der Waals surface area contributed by atoms with Gasteiger partial charge in [0.25, 0.3) is 5.91 Å². The van der Waals surface area contributed by atoms with Gasteiger partial charge in [0.1, 0.15) is 5.78 Å². The Hall–Kier alpha value is -3.46. The van der Waals surface area contributed by atoms with Gasteiger partial charge in [0.05, 0.1) is 28.9 Å². The van der Waals surface area contributed by atoms with Crippen LogP contribution in [-0.4, -0.2) is 39.5 Å². The highest BCUT2D eigenvalue weighted by Gasteiger charge is 2.28. The van der Waals surface area contributed by atoms with Crippen LogP contribution in [0.4, 0.5) is 0 Å². The van der Waals surface area contributed by atoms with Gasteiger partial charge in [0.2, 0.25) is 0 Å². The van der Waals surface area contributed by atoms with Crippen molar-refractivity contribution in [2.45, 2.75) is 39.2 Å². The first-order valence-corrected chi connectivity index (χ1v) is 10.7. The number of benzene rings is 2. The smallest absolute Gasteiger partial charge is 0.255 e. The second-order valence-corrected chi connectivity index (χ2v) is 8.44. The highest BCUT2D eigenvalue weighted by molar-refractivity contribution is 5.97. The number of rotatable bonds is 5. The van der Waals surface area contributed by atoms with Crippen LogP contribution in [-0.2, 0) is 11.2 Å². The molecule has 0 unspecified atom stereocenters. The fourth-order valence-electron chi connectivity index (χ4n) is 4.31. The van der Waals surface area contributed by atoms with Gasteiger partial charge in [0, 0.05) is 36.9 Å². The Balaban J connectivity index is 1.38. The number of nitrogens with zero attached hydrogens (tertiary/aromatic N) is 4. The normalized spacial score (nSPS) is 14.7. The summed E-state index contributed by atoms with van der Waals surface area (Å²) in [6.45, 7) is 5.27. The van der Waals surface area contributed by atoms with E-state index in [0.717, 1.165) is 16.5 Å². The van der Waals surface area contributed by atoms with Gasteiger partial charge < -0.3 is 4.90 Å². The minimum absolute atomic E-state index is 0.0376. The van der Waals surface area contributed by atoms with E-state index >= 15 is 0 Å². The molecule has 2 heterocycles. The van der Waals surface area contributed by atoms with Gasteiger partial charge in [-0.3, -0.25) is 14.3 Å². The fraction of sp³-hybridized carbons (Fsp3) is 0.360. The predicted molar refractivity (Wildman–Crippen MR) is 119 cm³/mol. The Labute approximate surface area is 182 Å². The molecule has 1 aromatic heterocycles. The summed E-state index contributed by atoms with van der Waals surface area (Å²) in [5.41, 5.74) is 2.91. The maximum atomic E-state index is 12.9. The van der Waals surface area contributed by atoms with Gasteiger partial charge >= 0.3 is 0 Å². The zero-order valence-corrected chi connectivity index (χ0v) is 17.9. The van der Waals surface area contributed by atoms with Gasteiger partial charge in [0.15, 0.2) is 0 Å². The third-order valence-electron chi connectivity index (χ3n) is 6.04. The maximum absolute atomic E-state index is 12.9. The van der Waals surface area contributed by atoms with Crippen LogP contribution >= 0.6 is 0 Å². The standard InChI is InChI=1S/C25H26N4O2/c1-17(2)29-23-8-7-18(13-21(23)16-27-29)14-24(30)19-9-11-28(12-10-19)25(31)22-6-4-3-5-20(22)15-26/h3-8,13,16-17,19H,9-12,14H2,1-2H3. The second-order valence-electron chi connectivity index (χ2n) is 8.44. The molecule has 2 aromatic carbocycles. The third-order valence-corrected chi connectivity index (χ3v) is 6.04. The monoisotopic (exact) mass is 414 g/mol. The van der Waals surface area contributed by atoms with E-state index in [1.807, 2.05) is 23.0 Å².